The Bertz CT molecular complexity index is 1100. The number of rotatable bonds is 16. The van der Waals surface area contributed by atoms with Gasteiger partial charge in [0.15, 0.2) is 0 Å². The first-order chi connectivity index (χ1) is 19.8. The number of nitrogens with zero attached hydrogens (tertiary/aromatic N) is 2. The second-order valence-electron chi connectivity index (χ2n) is 11.7. The molecule has 4 rings (SSSR count). The van der Waals surface area contributed by atoms with Crippen LogP contribution in [0.1, 0.15) is 57.9 Å². The van der Waals surface area contributed by atoms with Gasteiger partial charge in [0.2, 0.25) is 11.8 Å². The first-order valence-corrected chi connectivity index (χ1v) is 16.1. The molecule has 3 saturated heterocycles. The average Bonchev–Trinajstić information content (AvgIpc) is 3.57. The minimum atomic E-state index is -0.770. The lowest BCUT2D eigenvalue weighted by molar-refractivity contribution is -0.155. The van der Waals surface area contributed by atoms with Gasteiger partial charge in [0, 0.05) is 18.3 Å². The normalized spacial score (nSPS) is 28.8. The number of hydrogen-bond donors (Lipinski definition) is 1. The van der Waals surface area contributed by atoms with Crippen molar-refractivity contribution in [2.24, 2.45) is 17.8 Å². The fourth-order valence-corrected chi connectivity index (χ4v) is 9.56. The molecule has 8 heteroatoms. The number of carbonyl (C=O) groups excluding carboxylic acids is 3. The molecule has 0 radical (unpaired) electrons. The smallest absolute Gasteiger partial charge is 0.310 e. The summed E-state index contributed by atoms with van der Waals surface area (Å²) in [6.45, 7) is 12.8. The molecule has 224 valence electrons. The molecule has 1 aromatic carbocycles. The van der Waals surface area contributed by atoms with Crippen molar-refractivity contribution in [2.75, 3.05) is 26.3 Å². The Morgan fingerprint density at radius 1 is 1.22 bits per heavy atom. The molecule has 3 aliphatic heterocycles. The highest BCUT2D eigenvalue weighted by atomic mass is 32.2. The standard InChI is InChI=1S/C33H46N2O5S/c1-5-8-10-14-19-40-32(39)27-26-20-23(4)33(41-26)28(27)30(37)35(25(22-36)21-24-15-12-11-13-16-24)29(33)31(38)34(17-7-3)18-9-6-2/h5,7,11-13,15-16,23,25-29,36H,1,3,6,8-10,14,17-22H2,2,4H3/t23?,25-,26+,27-,28+,29?,33?/m1/s1. The van der Waals surface area contributed by atoms with E-state index < -0.39 is 28.7 Å². The molecule has 7 atom stereocenters. The zero-order valence-corrected chi connectivity index (χ0v) is 25.4. The van der Waals surface area contributed by atoms with Crippen LogP contribution < -0.4 is 0 Å². The van der Waals surface area contributed by atoms with Gasteiger partial charge in [-0.2, -0.15) is 0 Å². The monoisotopic (exact) mass is 582 g/mol. The number of benzene rings is 1. The summed E-state index contributed by atoms with van der Waals surface area (Å²) < 4.78 is 5.00. The molecule has 0 aromatic heterocycles. The van der Waals surface area contributed by atoms with E-state index >= 15 is 0 Å². The fraction of sp³-hybridized carbons (Fsp3) is 0.606. The molecule has 1 N–H and O–H groups in total. The summed E-state index contributed by atoms with van der Waals surface area (Å²) in [6.07, 6.45) is 9.03. The summed E-state index contributed by atoms with van der Waals surface area (Å²) in [4.78, 5) is 46.1. The van der Waals surface area contributed by atoms with Crippen LogP contribution in [0, 0.1) is 17.8 Å². The molecular weight excluding hydrogens is 536 g/mol. The number of amides is 2. The minimum Gasteiger partial charge on any atom is -0.465 e. The second kappa shape index (κ2) is 14.1. The molecule has 0 aliphatic carbocycles. The Kier molecular flexibility index (Phi) is 10.8. The number of allylic oxidation sites excluding steroid dienone is 1. The van der Waals surface area contributed by atoms with E-state index in [1.807, 2.05) is 36.4 Å². The van der Waals surface area contributed by atoms with Crippen LogP contribution in [0.25, 0.3) is 0 Å². The molecule has 3 heterocycles. The van der Waals surface area contributed by atoms with Gasteiger partial charge in [0.1, 0.15) is 6.04 Å². The molecule has 2 amide bonds. The average molecular weight is 583 g/mol. The lowest BCUT2D eigenvalue weighted by Gasteiger charge is -2.42. The summed E-state index contributed by atoms with van der Waals surface area (Å²) >= 11 is 1.65. The first kappa shape index (κ1) is 31.4. The van der Waals surface area contributed by atoms with E-state index in [-0.39, 0.29) is 35.6 Å². The van der Waals surface area contributed by atoms with Crippen LogP contribution in [0.2, 0.25) is 0 Å². The lowest BCUT2D eigenvalue weighted by Crippen LogP contribution is -2.59. The SMILES string of the molecule is C=CCCCCOC(=O)[C@@H]1[C@@H]2CC(C)C3(S2)C(C(=O)N(CC=C)CCCC)N([C@@H](CO)Cc2ccccc2)C(=O)[C@H]13. The summed E-state index contributed by atoms with van der Waals surface area (Å²) in [6, 6.07) is 8.39. The zero-order valence-electron chi connectivity index (χ0n) is 24.6. The van der Waals surface area contributed by atoms with Crippen LogP contribution in [0.3, 0.4) is 0 Å². The van der Waals surface area contributed by atoms with Crippen molar-refractivity contribution in [3.8, 4) is 0 Å². The zero-order chi connectivity index (χ0) is 29.6. The summed E-state index contributed by atoms with van der Waals surface area (Å²) in [5, 5.41) is 10.6. The van der Waals surface area contributed by atoms with E-state index in [1.54, 1.807) is 27.6 Å². The largest absolute Gasteiger partial charge is 0.465 e. The predicted octanol–water partition coefficient (Wildman–Crippen LogP) is 4.64. The van der Waals surface area contributed by atoms with Crippen molar-refractivity contribution in [3.63, 3.8) is 0 Å². The van der Waals surface area contributed by atoms with E-state index in [4.69, 9.17) is 4.74 Å². The number of unbranched alkanes of at least 4 members (excludes halogenated alkanes) is 3. The third-order valence-corrected chi connectivity index (χ3v) is 11.2. The van der Waals surface area contributed by atoms with Gasteiger partial charge in [-0.05, 0) is 50.0 Å². The molecule has 1 aromatic rings. The maximum absolute atomic E-state index is 14.6. The van der Waals surface area contributed by atoms with Crippen molar-refractivity contribution in [3.05, 3.63) is 61.2 Å². The maximum Gasteiger partial charge on any atom is 0.310 e. The fourth-order valence-electron chi connectivity index (χ4n) is 7.17. The van der Waals surface area contributed by atoms with Gasteiger partial charge in [0.25, 0.3) is 0 Å². The molecule has 3 unspecified atom stereocenters. The molecule has 41 heavy (non-hydrogen) atoms. The van der Waals surface area contributed by atoms with Crippen LogP contribution in [0.15, 0.2) is 55.6 Å². The molecule has 3 fully saturated rings. The minimum absolute atomic E-state index is 0.0508. The lowest BCUT2D eigenvalue weighted by atomic mass is 9.66. The number of carbonyl (C=O) groups is 3. The molecule has 7 nitrogen and oxygen atoms in total. The quantitative estimate of drug-likeness (QED) is 0.174. The number of esters is 1. The Morgan fingerprint density at radius 2 is 1.98 bits per heavy atom. The van der Waals surface area contributed by atoms with Gasteiger partial charge in [-0.15, -0.1) is 24.9 Å². The van der Waals surface area contributed by atoms with E-state index in [2.05, 4.69) is 27.0 Å². The van der Waals surface area contributed by atoms with Crippen molar-refractivity contribution >= 4 is 29.5 Å². The Morgan fingerprint density at radius 3 is 2.63 bits per heavy atom. The predicted molar refractivity (Wildman–Crippen MR) is 163 cm³/mol. The van der Waals surface area contributed by atoms with Gasteiger partial charge in [-0.25, -0.2) is 0 Å². The van der Waals surface area contributed by atoms with E-state index in [0.29, 0.717) is 26.1 Å². The molecule has 2 bridgehead atoms. The van der Waals surface area contributed by atoms with Crippen LogP contribution >= 0.6 is 11.8 Å². The van der Waals surface area contributed by atoms with Crippen LogP contribution in [0.4, 0.5) is 0 Å². The number of ether oxygens (including phenoxy) is 1. The highest BCUT2D eigenvalue weighted by molar-refractivity contribution is 8.02. The van der Waals surface area contributed by atoms with E-state index in [1.165, 1.54) is 0 Å². The first-order valence-electron chi connectivity index (χ1n) is 15.2. The Labute approximate surface area is 249 Å². The number of aliphatic hydroxyl groups is 1. The van der Waals surface area contributed by atoms with Crippen LogP contribution in [0.5, 0.6) is 0 Å². The van der Waals surface area contributed by atoms with E-state index in [9.17, 15) is 19.5 Å². The summed E-state index contributed by atoms with van der Waals surface area (Å²) in [5.41, 5.74) is 0.981. The third kappa shape index (κ3) is 6.00. The topological polar surface area (TPSA) is 87.2 Å². The Hall–Kier alpha value is -2.58. The van der Waals surface area contributed by atoms with E-state index in [0.717, 1.165) is 44.1 Å². The number of aliphatic hydroxyl groups excluding tert-OH is 1. The molecule has 0 saturated carbocycles. The molecular formula is C33H46N2O5S. The number of hydrogen-bond acceptors (Lipinski definition) is 6. The van der Waals surface area contributed by atoms with Crippen molar-refractivity contribution in [1.82, 2.24) is 9.80 Å². The second-order valence-corrected chi connectivity index (χ2v) is 13.3. The summed E-state index contributed by atoms with van der Waals surface area (Å²) in [5.74, 6) is -1.85. The number of likely N-dealkylation sites (tertiary alicyclic amines) is 1. The van der Waals surface area contributed by atoms with Crippen molar-refractivity contribution in [1.29, 1.82) is 0 Å². The van der Waals surface area contributed by atoms with Gasteiger partial charge in [-0.1, -0.05) is 62.8 Å². The van der Waals surface area contributed by atoms with Gasteiger partial charge >= 0.3 is 5.97 Å². The van der Waals surface area contributed by atoms with Crippen LogP contribution in [-0.4, -0.2) is 81.1 Å². The third-order valence-electron chi connectivity index (χ3n) is 9.10. The highest BCUT2D eigenvalue weighted by Crippen LogP contribution is 2.69. The molecule has 3 aliphatic rings. The van der Waals surface area contributed by atoms with Gasteiger partial charge in [-0.3, -0.25) is 14.4 Å². The van der Waals surface area contributed by atoms with Crippen molar-refractivity contribution < 1.29 is 24.2 Å². The summed E-state index contributed by atoms with van der Waals surface area (Å²) in [7, 11) is 0. The van der Waals surface area contributed by atoms with Gasteiger partial charge in [0.05, 0.1) is 35.8 Å². The van der Waals surface area contributed by atoms with Gasteiger partial charge < -0.3 is 19.6 Å². The number of thioether (sulfide) groups is 1. The van der Waals surface area contributed by atoms with Crippen molar-refractivity contribution in [2.45, 2.75) is 80.9 Å². The maximum atomic E-state index is 14.6. The number of fused-ring (bicyclic) bond motifs is 1. The molecule has 1 spiro atoms. The Balaban J connectivity index is 1.72. The van der Waals surface area contributed by atoms with Crippen LogP contribution in [-0.2, 0) is 25.5 Å². The highest BCUT2D eigenvalue weighted by Gasteiger charge is 2.77.